The predicted molar refractivity (Wildman–Crippen MR) is 73.7 cm³/mol. The summed E-state index contributed by atoms with van der Waals surface area (Å²) in [5, 5.41) is 12.4. The van der Waals surface area contributed by atoms with Crippen molar-refractivity contribution in [3.05, 3.63) is 30.6 Å². The molecule has 1 saturated carbocycles. The van der Waals surface area contributed by atoms with Crippen LogP contribution in [0.5, 0.6) is 0 Å². The van der Waals surface area contributed by atoms with Gasteiger partial charge in [0.15, 0.2) is 0 Å². The third-order valence-electron chi connectivity index (χ3n) is 3.52. The van der Waals surface area contributed by atoms with Gasteiger partial charge in [0, 0.05) is 11.1 Å². The molecule has 0 radical (unpaired) electrons. The van der Waals surface area contributed by atoms with Crippen molar-refractivity contribution >= 4 is 22.7 Å². The number of hydrogen-bond donors (Lipinski definition) is 1. The molecule has 0 saturated heterocycles. The van der Waals surface area contributed by atoms with Crippen LogP contribution < -0.4 is 0 Å². The Bertz CT molecular complexity index is 547. The molecule has 1 aliphatic rings. The molecule has 1 aliphatic carbocycles. The van der Waals surface area contributed by atoms with Crippen molar-refractivity contribution in [1.29, 1.82) is 0 Å². The molecule has 1 aromatic carbocycles. The molecule has 1 N–H and O–H groups in total. The third-order valence-corrected chi connectivity index (χ3v) is 4.80. The van der Waals surface area contributed by atoms with Crippen molar-refractivity contribution in [2.24, 2.45) is 0 Å². The topological polar surface area (TPSA) is 46.0 Å². The Balaban J connectivity index is 1.82. The summed E-state index contributed by atoms with van der Waals surface area (Å²) in [5.41, 5.74) is 0.477. The van der Waals surface area contributed by atoms with Crippen LogP contribution in [0.1, 0.15) is 25.7 Å². The van der Waals surface area contributed by atoms with Gasteiger partial charge in [-0.1, -0.05) is 31.0 Å². The standard InChI is InChI=1S/C14H16N2OS/c17-14(7-3-4-8-14)9-18-13-11-5-1-2-6-12(11)15-10-16-13/h1-2,5-6,10,17H,3-4,7-9H2. The van der Waals surface area contributed by atoms with Crippen molar-refractivity contribution in [3.8, 4) is 0 Å². The minimum Gasteiger partial charge on any atom is -0.389 e. The molecule has 1 fully saturated rings. The molecular weight excluding hydrogens is 244 g/mol. The molecule has 0 spiro atoms. The van der Waals surface area contributed by atoms with E-state index in [2.05, 4.69) is 9.97 Å². The van der Waals surface area contributed by atoms with E-state index in [1.807, 2.05) is 24.3 Å². The fourth-order valence-electron chi connectivity index (χ4n) is 2.48. The number of aromatic nitrogens is 2. The monoisotopic (exact) mass is 260 g/mol. The zero-order valence-corrected chi connectivity index (χ0v) is 11.0. The first-order valence-corrected chi connectivity index (χ1v) is 7.30. The zero-order chi connectivity index (χ0) is 12.4. The van der Waals surface area contributed by atoms with Crippen LogP contribution in [0.3, 0.4) is 0 Å². The number of fused-ring (bicyclic) bond motifs is 1. The summed E-state index contributed by atoms with van der Waals surface area (Å²) in [4.78, 5) is 8.59. The van der Waals surface area contributed by atoms with Crippen molar-refractivity contribution in [3.63, 3.8) is 0 Å². The highest BCUT2D eigenvalue weighted by molar-refractivity contribution is 7.99. The molecule has 3 nitrogen and oxygen atoms in total. The Morgan fingerprint density at radius 2 is 1.94 bits per heavy atom. The molecule has 18 heavy (non-hydrogen) atoms. The number of aliphatic hydroxyl groups is 1. The maximum Gasteiger partial charge on any atom is 0.117 e. The van der Waals surface area contributed by atoms with Gasteiger partial charge in [-0.3, -0.25) is 0 Å². The first-order chi connectivity index (χ1) is 8.77. The Kier molecular flexibility index (Phi) is 3.22. The van der Waals surface area contributed by atoms with Gasteiger partial charge < -0.3 is 5.11 Å². The highest BCUT2D eigenvalue weighted by atomic mass is 32.2. The molecular formula is C14H16N2OS. The lowest BCUT2D eigenvalue weighted by Crippen LogP contribution is -2.27. The van der Waals surface area contributed by atoms with Crippen LogP contribution in [0.25, 0.3) is 10.9 Å². The Morgan fingerprint density at radius 3 is 2.78 bits per heavy atom. The van der Waals surface area contributed by atoms with Crippen LogP contribution in [-0.4, -0.2) is 26.4 Å². The maximum atomic E-state index is 10.4. The predicted octanol–water partition coefficient (Wildman–Crippen LogP) is 3.03. The van der Waals surface area contributed by atoms with Gasteiger partial charge >= 0.3 is 0 Å². The van der Waals surface area contributed by atoms with E-state index >= 15 is 0 Å². The molecule has 3 rings (SSSR count). The summed E-state index contributed by atoms with van der Waals surface area (Å²) in [5.74, 6) is 0.730. The van der Waals surface area contributed by atoms with Gasteiger partial charge in [-0.25, -0.2) is 9.97 Å². The average Bonchev–Trinajstić information content (AvgIpc) is 2.84. The molecule has 1 aromatic heterocycles. The lowest BCUT2D eigenvalue weighted by molar-refractivity contribution is 0.0732. The van der Waals surface area contributed by atoms with Gasteiger partial charge in [0.2, 0.25) is 0 Å². The molecule has 1 heterocycles. The fourth-order valence-corrected chi connectivity index (χ4v) is 3.62. The quantitative estimate of drug-likeness (QED) is 0.680. The second-order valence-electron chi connectivity index (χ2n) is 4.92. The van der Waals surface area contributed by atoms with Crippen LogP contribution in [0, 0.1) is 0 Å². The van der Waals surface area contributed by atoms with Gasteiger partial charge in [-0.15, -0.1) is 11.8 Å². The Morgan fingerprint density at radius 1 is 1.17 bits per heavy atom. The maximum absolute atomic E-state index is 10.4. The molecule has 0 amide bonds. The van der Waals surface area contributed by atoms with Gasteiger partial charge in [0.25, 0.3) is 0 Å². The van der Waals surface area contributed by atoms with Crippen molar-refractivity contribution in [1.82, 2.24) is 9.97 Å². The third kappa shape index (κ3) is 2.35. The lowest BCUT2D eigenvalue weighted by atomic mass is 10.1. The van der Waals surface area contributed by atoms with Gasteiger partial charge in [-0.2, -0.15) is 0 Å². The number of thioether (sulfide) groups is 1. The van der Waals surface area contributed by atoms with E-state index in [0.29, 0.717) is 0 Å². The second kappa shape index (κ2) is 4.86. The van der Waals surface area contributed by atoms with E-state index in [1.165, 1.54) is 0 Å². The smallest absolute Gasteiger partial charge is 0.117 e. The number of nitrogens with zero attached hydrogens (tertiary/aromatic N) is 2. The van der Waals surface area contributed by atoms with E-state index in [9.17, 15) is 5.11 Å². The molecule has 0 aliphatic heterocycles. The fraction of sp³-hybridized carbons (Fsp3) is 0.429. The van der Waals surface area contributed by atoms with Crippen molar-refractivity contribution < 1.29 is 5.11 Å². The van der Waals surface area contributed by atoms with Crippen LogP contribution >= 0.6 is 11.8 Å². The molecule has 0 atom stereocenters. The highest BCUT2D eigenvalue weighted by Gasteiger charge is 2.31. The number of benzene rings is 1. The normalized spacial score (nSPS) is 18.3. The second-order valence-corrected chi connectivity index (χ2v) is 5.88. The summed E-state index contributed by atoms with van der Waals surface area (Å²) in [7, 11) is 0. The van der Waals surface area contributed by atoms with E-state index in [0.717, 1.165) is 47.4 Å². The van der Waals surface area contributed by atoms with Crippen LogP contribution in [0.4, 0.5) is 0 Å². The molecule has 2 aromatic rings. The van der Waals surface area contributed by atoms with Crippen LogP contribution in [0.2, 0.25) is 0 Å². The SMILES string of the molecule is OC1(CSc2ncnc3ccccc23)CCCC1. The lowest BCUT2D eigenvalue weighted by Gasteiger charge is -2.21. The summed E-state index contributed by atoms with van der Waals surface area (Å²) in [6, 6.07) is 8.01. The summed E-state index contributed by atoms with van der Waals surface area (Å²) in [6.45, 7) is 0. The first kappa shape index (κ1) is 11.9. The molecule has 0 bridgehead atoms. The minimum atomic E-state index is -0.489. The van der Waals surface area contributed by atoms with Gasteiger partial charge in [-0.05, 0) is 18.9 Å². The highest BCUT2D eigenvalue weighted by Crippen LogP contribution is 2.35. The van der Waals surface area contributed by atoms with E-state index in [4.69, 9.17) is 0 Å². The van der Waals surface area contributed by atoms with Crippen molar-refractivity contribution in [2.45, 2.75) is 36.3 Å². The molecule has 94 valence electrons. The molecule has 0 unspecified atom stereocenters. The first-order valence-electron chi connectivity index (χ1n) is 6.32. The van der Waals surface area contributed by atoms with E-state index in [1.54, 1.807) is 18.1 Å². The van der Waals surface area contributed by atoms with Crippen LogP contribution in [0.15, 0.2) is 35.6 Å². The van der Waals surface area contributed by atoms with Gasteiger partial charge in [0.05, 0.1) is 11.1 Å². The Labute approximate surface area is 111 Å². The number of hydrogen-bond acceptors (Lipinski definition) is 4. The average molecular weight is 260 g/mol. The summed E-state index contributed by atoms with van der Waals surface area (Å²) < 4.78 is 0. The largest absolute Gasteiger partial charge is 0.389 e. The van der Waals surface area contributed by atoms with Crippen LogP contribution in [-0.2, 0) is 0 Å². The number of para-hydroxylation sites is 1. The molecule has 4 heteroatoms. The summed E-state index contributed by atoms with van der Waals surface area (Å²) in [6.07, 6.45) is 5.72. The van der Waals surface area contributed by atoms with Gasteiger partial charge in [0.1, 0.15) is 11.4 Å². The van der Waals surface area contributed by atoms with E-state index in [-0.39, 0.29) is 0 Å². The van der Waals surface area contributed by atoms with Crippen molar-refractivity contribution in [2.75, 3.05) is 5.75 Å². The minimum absolute atomic E-state index is 0.489. The Hall–Kier alpha value is -1.13. The van der Waals surface area contributed by atoms with E-state index < -0.39 is 5.60 Å². The number of rotatable bonds is 3. The summed E-state index contributed by atoms with van der Waals surface area (Å²) >= 11 is 1.64. The zero-order valence-electron chi connectivity index (χ0n) is 10.2.